The zero-order chi connectivity index (χ0) is 19.4. The van der Waals surface area contributed by atoms with Crippen molar-refractivity contribution in [3.8, 4) is 12.3 Å². The molecular formula is C22H34O4. The molecule has 1 aliphatic rings. The molecule has 146 valence electrons. The molecule has 1 unspecified atom stereocenters. The monoisotopic (exact) mass is 362 g/mol. The van der Waals surface area contributed by atoms with E-state index < -0.39 is 11.6 Å². The maximum Gasteiger partial charge on any atom is 0.303 e. The van der Waals surface area contributed by atoms with Gasteiger partial charge in [-0.1, -0.05) is 50.7 Å². The Labute approximate surface area is 158 Å². The molecule has 1 rings (SSSR count). The third-order valence-electron chi connectivity index (χ3n) is 5.36. The van der Waals surface area contributed by atoms with E-state index in [4.69, 9.17) is 11.5 Å². The second-order valence-corrected chi connectivity index (χ2v) is 7.53. The number of allylic oxidation sites excluding steroid dienone is 1. The van der Waals surface area contributed by atoms with Gasteiger partial charge in [0.2, 0.25) is 0 Å². The normalized spacial score (nSPS) is 22.4. The van der Waals surface area contributed by atoms with E-state index in [1.807, 2.05) is 6.08 Å². The summed E-state index contributed by atoms with van der Waals surface area (Å²) in [5.41, 5.74) is -1.07. The fourth-order valence-corrected chi connectivity index (χ4v) is 3.67. The highest BCUT2D eigenvalue weighted by Crippen LogP contribution is 2.34. The molecule has 0 aliphatic heterocycles. The van der Waals surface area contributed by atoms with Crippen molar-refractivity contribution in [1.29, 1.82) is 0 Å². The number of unbranched alkanes of at least 4 members (excludes halogenated alkanes) is 4. The molecule has 26 heavy (non-hydrogen) atoms. The molecule has 0 aromatic carbocycles. The Morgan fingerprint density at radius 2 is 2.04 bits per heavy atom. The standard InChI is InChI=1S/C22H34O4/c1-3-5-16-22(26,4-2)17-10-11-18-14-15-20(23)19(18)12-8-6-7-9-13-21(24)25/h2,10-11,18-19,26H,3,5-9,12-17H2,1H3,(H,24,25)/t18-,19+,22?/m0/s1. The maximum atomic E-state index is 12.2. The molecule has 0 radical (unpaired) electrons. The van der Waals surface area contributed by atoms with E-state index in [0.29, 0.717) is 31.5 Å². The molecule has 0 aromatic rings. The van der Waals surface area contributed by atoms with Crippen LogP contribution in [0.3, 0.4) is 0 Å². The van der Waals surface area contributed by atoms with Crippen LogP contribution in [0.1, 0.15) is 84.0 Å². The van der Waals surface area contributed by atoms with Gasteiger partial charge in [0.25, 0.3) is 0 Å². The number of aliphatic carboxylic acids is 1. The minimum atomic E-state index is -1.07. The molecular weight excluding hydrogens is 328 g/mol. The van der Waals surface area contributed by atoms with Crippen LogP contribution in [0.25, 0.3) is 0 Å². The average molecular weight is 363 g/mol. The number of carboxylic acid groups (broad SMARTS) is 1. The Kier molecular flexibility index (Phi) is 10.3. The lowest BCUT2D eigenvalue weighted by Crippen LogP contribution is -2.25. The predicted molar refractivity (Wildman–Crippen MR) is 104 cm³/mol. The summed E-state index contributed by atoms with van der Waals surface area (Å²) in [5.74, 6) is 2.42. The van der Waals surface area contributed by atoms with Gasteiger partial charge >= 0.3 is 5.97 Å². The number of carbonyl (C=O) groups excluding carboxylic acids is 1. The lowest BCUT2D eigenvalue weighted by atomic mass is 9.88. The molecule has 1 aliphatic carbocycles. The van der Waals surface area contributed by atoms with E-state index in [1.54, 1.807) is 0 Å². The molecule has 2 N–H and O–H groups in total. The topological polar surface area (TPSA) is 74.6 Å². The fraction of sp³-hybridized carbons (Fsp3) is 0.727. The first-order valence-corrected chi connectivity index (χ1v) is 10.0. The van der Waals surface area contributed by atoms with Crippen LogP contribution in [-0.4, -0.2) is 27.6 Å². The lowest BCUT2D eigenvalue weighted by Gasteiger charge is -2.20. The van der Waals surface area contributed by atoms with Crippen LogP contribution in [0.2, 0.25) is 0 Å². The van der Waals surface area contributed by atoms with Crippen molar-refractivity contribution in [2.24, 2.45) is 11.8 Å². The predicted octanol–water partition coefficient (Wildman–Crippen LogP) is 4.51. The smallest absolute Gasteiger partial charge is 0.303 e. The highest BCUT2D eigenvalue weighted by atomic mass is 16.4. The Bertz CT molecular complexity index is 517. The second-order valence-electron chi connectivity index (χ2n) is 7.53. The van der Waals surface area contributed by atoms with Crippen molar-refractivity contribution in [2.75, 3.05) is 0 Å². The first-order valence-electron chi connectivity index (χ1n) is 10.0. The van der Waals surface area contributed by atoms with Gasteiger partial charge in [-0.25, -0.2) is 0 Å². The highest BCUT2D eigenvalue weighted by Gasteiger charge is 2.32. The molecule has 0 aromatic heterocycles. The van der Waals surface area contributed by atoms with Crippen molar-refractivity contribution >= 4 is 11.8 Å². The van der Waals surface area contributed by atoms with E-state index in [-0.39, 0.29) is 18.3 Å². The first-order chi connectivity index (χ1) is 12.4. The molecule has 1 fully saturated rings. The van der Waals surface area contributed by atoms with Gasteiger partial charge in [0.1, 0.15) is 11.4 Å². The van der Waals surface area contributed by atoms with Crippen molar-refractivity contribution in [3.63, 3.8) is 0 Å². The summed E-state index contributed by atoms with van der Waals surface area (Å²) in [5, 5.41) is 19.0. The Morgan fingerprint density at radius 1 is 1.31 bits per heavy atom. The average Bonchev–Trinajstić information content (AvgIpc) is 2.96. The molecule has 0 heterocycles. The fourth-order valence-electron chi connectivity index (χ4n) is 3.67. The van der Waals surface area contributed by atoms with E-state index >= 15 is 0 Å². The number of hydrogen-bond donors (Lipinski definition) is 2. The largest absolute Gasteiger partial charge is 0.481 e. The van der Waals surface area contributed by atoms with Gasteiger partial charge in [0.15, 0.2) is 0 Å². The van der Waals surface area contributed by atoms with Crippen molar-refractivity contribution in [2.45, 2.75) is 89.6 Å². The number of aliphatic hydroxyl groups is 1. The maximum absolute atomic E-state index is 12.2. The first kappa shape index (κ1) is 22.4. The van der Waals surface area contributed by atoms with Gasteiger partial charge in [-0.3, -0.25) is 9.59 Å². The van der Waals surface area contributed by atoms with Crippen LogP contribution < -0.4 is 0 Å². The third kappa shape index (κ3) is 8.19. The summed E-state index contributed by atoms with van der Waals surface area (Å²) < 4.78 is 0. The highest BCUT2D eigenvalue weighted by molar-refractivity contribution is 5.83. The van der Waals surface area contributed by atoms with Gasteiger partial charge in [0, 0.05) is 25.2 Å². The van der Waals surface area contributed by atoms with E-state index in [9.17, 15) is 14.7 Å². The van der Waals surface area contributed by atoms with Crippen molar-refractivity contribution in [3.05, 3.63) is 12.2 Å². The van der Waals surface area contributed by atoms with Gasteiger partial charge in [-0.15, -0.1) is 6.42 Å². The zero-order valence-corrected chi connectivity index (χ0v) is 16.1. The van der Waals surface area contributed by atoms with Crippen LogP contribution in [0, 0.1) is 24.2 Å². The number of carboxylic acids is 1. The summed E-state index contributed by atoms with van der Waals surface area (Å²) in [7, 11) is 0. The summed E-state index contributed by atoms with van der Waals surface area (Å²) in [4.78, 5) is 22.7. The van der Waals surface area contributed by atoms with Crippen LogP contribution >= 0.6 is 0 Å². The Balaban J connectivity index is 2.41. The summed E-state index contributed by atoms with van der Waals surface area (Å²) in [6.45, 7) is 2.07. The SMILES string of the molecule is C#CC(O)(CC=C[C@H]1CCC(=O)[C@@H]1CCCCCCC(=O)O)CCCC. The second kappa shape index (κ2) is 11.9. The number of ketones is 1. The minimum absolute atomic E-state index is 0.0697. The van der Waals surface area contributed by atoms with E-state index in [1.165, 1.54) is 0 Å². The van der Waals surface area contributed by atoms with Crippen LogP contribution in [0.5, 0.6) is 0 Å². The summed E-state index contributed by atoms with van der Waals surface area (Å²) in [6.07, 6.45) is 18.6. The molecule has 1 saturated carbocycles. The number of hydrogen-bond acceptors (Lipinski definition) is 3. The Hall–Kier alpha value is -1.60. The third-order valence-corrected chi connectivity index (χ3v) is 5.36. The van der Waals surface area contributed by atoms with Crippen molar-refractivity contribution in [1.82, 2.24) is 0 Å². The lowest BCUT2D eigenvalue weighted by molar-refractivity contribution is -0.137. The quantitative estimate of drug-likeness (QED) is 0.287. The molecule has 0 amide bonds. The molecule has 0 bridgehead atoms. The number of terminal acetylenes is 1. The minimum Gasteiger partial charge on any atom is -0.481 e. The van der Waals surface area contributed by atoms with Crippen LogP contribution in [0.15, 0.2) is 12.2 Å². The van der Waals surface area contributed by atoms with Gasteiger partial charge in [0.05, 0.1) is 0 Å². The van der Waals surface area contributed by atoms with Crippen molar-refractivity contribution < 1.29 is 19.8 Å². The molecule has 0 saturated heterocycles. The molecule has 0 spiro atoms. The van der Waals surface area contributed by atoms with E-state index in [2.05, 4.69) is 18.9 Å². The molecule has 4 nitrogen and oxygen atoms in total. The van der Waals surface area contributed by atoms with Gasteiger partial charge in [-0.05, 0) is 38.0 Å². The number of Topliss-reactive ketones (excluding diaryl/α,β-unsaturated/α-hetero) is 1. The number of carbonyl (C=O) groups is 2. The van der Waals surface area contributed by atoms with Crippen LogP contribution in [0.4, 0.5) is 0 Å². The molecule has 4 heteroatoms. The summed E-state index contributed by atoms with van der Waals surface area (Å²) in [6, 6.07) is 0. The zero-order valence-electron chi connectivity index (χ0n) is 16.1. The molecule has 3 atom stereocenters. The van der Waals surface area contributed by atoms with Crippen LogP contribution in [-0.2, 0) is 9.59 Å². The summed E-state index contributed by atoms with van der Waals surface area (Å²) >= 11 is 0. The van der Waals surface area contributed by atoms with Gasteiger partial charge < -0.3 is 10.2 Å². The van der Waals surface area contributed by atoms with Gasteiger partial charge in [-0.2, -0.15) is 0 Å². The number of rotatable bonds is 13. The Morgan fingerprint density at radius 3 is 2.69 bits per heavy atom. The van der Waals surface area contributed by atoms with E-state index in [0.717, 1.165) is 44.9 Å².